The summed E-state index contributed by atoms with van der Waals surface area (Å²) in [4.78, 5) is 39.0. The molecule has 8 rings (SSSR count). The zero-order valence-corrected chi connectivity index (χ0v) is 35.7. The number of benzene rings is 3. The van der Waals surface area contributed by atoms with E-state index in [2.05, 4.69) is 10.2 Å². The highest BCUT2D eigenvalue weighted by atomic mass is 35.5. The molecule has 3 saturated heterocycles. The van der Waals surface area contributed by atoms with Gasteiger partial charge in [-0.2, -0.15) is 26.7 Å². The Hall–Kier alpha value is -5.43. The summed E-state index contributed by atoms with van der Waals surface area (Å²) in [6.07, 6.45) is -0.214. The Kier molecular flexibility index (Phi) is 16.1. The smallest absolute Gasteiger partial charge is 0.490 e. The van der Waals surface area contributed by atoms with Gasteiger partial charge in [0.2, 0.25) is 0 Å². The molecule has 13 nitrogen and oxygen atoms in total. The largest absolute Gasteiger partial charge is 0.619 e. The maximum Gasteiger partial charge on any atom is 0.490 e. The molecule has 3 atom stereocenters. The van der Waals surface area contributed by atoms with E-state index >= 15 is 0 Å². The van der Waals surface area contributed by atoms with Crippen LogP contribution < -0.4 is 24.3 Å². The maximum atomic E-state index is 13.9. The predicted molar refractivity (Wildman–Crippen MR) is 220 cm³/mol. The summed E-state index contributed by atoms with van der Waals surface area (Å²) in [6.45, 7) is 0.143. The Balaban J connectivity index is 0.000000898. The number of aliphatic carboxylic acids is 1. The number of esters is 2. The van der Waals surface area contributed by atoms with Gasteiger partial charge in [0, 0.05) is 30.6 Å². The lowest BCUT2D eigenvalue weighted by Gasteiger charge is -2.44. The van der Waals surface area contributed by atoms with Gasteiger partial charge in [-0.3, -0.25) is 10.2 Å². The molecule has 1 aliphatic carbocycles. The number of para-hydroxylation sites is 1. The van der Waals surface area contributed by atoms with Crippen LogP contribution in [0, 0.1) is 17.0 Å². The highest BCUT2D eigenvalue weighted by Crippen LogP contribution is 2.38. The number of alkyl halides is 5. The lowest BCUT2D eigenvalue weighted by Crippen LogP contribution is -2.52. The van der Waals surface area contributed by atoms with Gasteiger partial charge < -0.3 is 34.0 Å². The summed E-state index contributed by atoms with van der Waals surface area (Å²) in [5, 5.41) is 22.6. The lowest BCUT2D eigenvalue weighted by molar-refractivity contribution is -0.605. The second kappa shape index (κ2) is 21.5. The molecule has 2 bridgehead atoms. The number of carbonyl (C=O) groups excluding carboxylic acids is 2. The minimum Gasteiger partial charge on any atom is -0.619 e. The van der Waals surface area contributed by atoms with E-state index in [9.17, 15) is 36.7 Å². The molecule has 4 aliphatic rings. The zero-order chi connectivity index (χ0) is 46.1. The topological polar surface area (TPSA) is 160 Å². The number of piperidine rings is 3. The predicted octanol–water partition coefficient (Wildman–Crippen LogP) is 8.27. The highest BCUT2D eigenvalue weighted by molar-refractivity contribution is 6.35. The standard InChI is InChI=1S/C42H43Cl2F2N3O8.C2HF3O2/c1-53-34-8-3-2-7-30(34)39(41(51)56-38-23-48-15-13-27(38)14-16-48)47-20-26-5-4-6-29(17-26)40(50)55-36(19-31-32(43)21-49(52)22-33(31)44)28-11-12-35(57-42(45)46)37(18-28)54-24-25-9-10-25;3-2(4,5)1(6)7/h2-8,11-12,17-18,21-22,25,27,36,38-39,42,47H,9-10,13-16,19-20,23-24H2,1H3;(H,6,7)/t36?,38-,39?;/m0./s1. The first-order chi connectivity index (χ1) is 30.5. The number of hydrogen-bond donors (Lipinski definition) is 2. The quantitative estimate of drug-likeness (QED) is 0.0453. The van der Waals surface area contributed by atoms with Crippen molar-refractivity contribution in [3.8, 4) is 17.2 Å². The first-order valence-corrected chi connectivity index (χ1v) is 20.9. The Labute approximate surface area is 374 Å². The molecule has 3 aliphatic heterocycles. The molecule has 4 heterocycles. The van der Waals surface area contributed by atoms with Gasteiger partial charge in [0.15, 0.2) is 23.9 Å². The zero-order valence-electron chi connectivity index (χ0n) is 34.2. The number of hydrogen-bond acceptors (Lipinski definition) is 11. The van der Waals surface area contributed by atoms with Crippen molar-refractivity contribution < 1.29 is 69.9 Å². The van der Waals surface area contributed by atoms with Crippen molar-refractivity contribution in [1.82, 2.24) is 10.2 Å². The van der Waals surface area contributed by atoms with Crippen LogP contribution in [-0.2, 0) is 32.0 Å². The Bertz CT molecular complexity index is 2250. The van der Waals surface area contributed by atoms with Crippen molar-refractivity contribution in [2.45, 2.75) is 69.7 Å². The van der Waals surface area contributed by atoms with E-state index < -0.39 is 42.8 Å². The summed E-state index contributed by atoms with van der Waals surface area (Å²) in [5.41, 5.74) is 2.22. The Morgan fingerprint density at radius 2 is 1.62 bits per heavy atom. The molecule has 4 aromatic rings. The molecule has 4 fully saturated rings. The fraction of sp³-hybridized carbons (Fsp3) is 0.409. The van der Waals surface area contributed by atoms with Crippen molar-refractivity contribution in [3.63, 3.8) is 0 Å². The van der Waals surface area contributed by atoms with Crippen LogP contribution in [0.15, 0.2) is 79.1 Å². The molecule has 2 unspecified atom stereocenters. The number of halogens is 7. The third-order valence-corrected chi connectivity index (χ3v) is 11.5. The van der Waals surface area contributed by atoms with E-state index in [1.807, 2.05) is 24.3 Å². The molecule has 2 N–H and O–H groups in total. The molecule has 1 aromatic heterocycles. The number of fused-ring (bicyclic) bond motifs is 3. The second-order valence-electron chi connectivity index (χ2n) is 15.4. The van der Waals surface area contributed by atoms with Gasteiger partial charge in [0.05, 0.1) is 19.3 Å². The fourth-order valence-electron chi connectivity index (χ4n) is 7.37. The molecule has 0 amide bonds. The average molecular weight is 941 g/mol. The third-order valence-electron chi connectivity index (χ3n) is 10.9. The SMILES string of the molecule is COc1ccccc1C(NCc1cccc(C(=O)OC(Cc2c(Cl)c[n+]([O-])cc2Cl)c2ccc(OC(F)F)c(OCC3CC3)c2)c1)C(=O)O[C@H]1CN2CCC1CC2.O=C(O)C(F)(F)F. The van der Waals surface area contributed by atoms with Gasteiger partial charge in [-0.1, -0.05) is 59.6 Å². The van der Waals surface area contributed by atoms with Crippen LogP contribution in [0.4, 0.5) is 22.0 Å². The number of aromatic nitrogens is 1. The lowest BCUT2D eigenvalue weighted by atomic mass is 9.86. The molecule has 344 valence electrons. The second-order valence-corrected chi connectivity index (χ2v) is 16.2. The molecule has 3 aromatic carbocycles. The van der Waals surface area contributed by atoms with Crippen LogP contribution in [0.5, 0.6) is 17.2 Å². The number of pyridine rings is 1. The van der Waals surface area contributed by atoms with Gasteiger partial charge in [0.25, 0.3) is 0 Å². The number of carbonyl (C=O) groups is 3. The van der Waals surface area contributed by atoms with Crippen LogP contribution in [0.2, 0.25) is 10.0 Å². The molecular formula is C44H44Cl2F5N3O10. The minimum absolute atomic E-state index is 0.0473. The Morgan fingerprint density at radius 1 is 0.938 bits per heavy atom. The van der Waals surface area contributed by atoms with Crippen LogP contribution in [-0.4, -0.2) is 80.2 Å². The van der Waals surface area contributed by atoms with E-state index in [0.717, 1.165) is 51.2 Å². The number of methoxy groups -OCH3 is 1. The highest BCUT2D eigenvalue weighted by Gasteiger charge is 2.39. The van der Waals surface area contributed by atoms with Gasteiger partial charge in [0.1, 0.15) is 34.0 Å². The number of nitrogens with zero attached hydrogens (tertiary/aromatic N) is 2. The molecule has 0 radical (unpaired) electrons. The maximum absolute atomic E-state index is 13.9. The van der Waals surface area contributed by atoms with Gasteiger partial charge in [-0.25, -0.2) is 14.4 Å². The molecular weight excluding hydrogens is 896 g/mol. The molecule has 0 spiro atoms. The Morgan fingerprint density at radius 3 is 2.23 bits per heavy atom. The number of carboxylic acids is 1. The van der Waals surface area contributed by atoms with Crippen molar-refractivity contribution in [2.75, 3.05) is 33.4 Å². The summed E-state index contributed by atoms with van der Waals surface area (Å²) in [7, 11) is 1.55. The van der Waals surface area contributed by atoms with Gasteiger partial charge in [-0.15, -0.1) is 0 Å². The van der Waals surface area contributed by atoms with E-state index in [4.69, 9.17) is 56.8 Å². The van der Waals surface area contributed by atoms with Crippen LogP contribution in [0.3, 0.4) is 0 Å². The number of ether oxygens (including phenoxy) is 5. The first-order valence-electron chi connectivity index (χ1n) is 20.2. The van der Waals surface area contributed by atoms with E-state index in [-0.39, 0.29) is 46.2 Å². The summed E-state index contributed by atoms with van der Waals surface area (Å²) in [5.74, 6) is -2.81. The number of nitrogens with one attached hydrogen (secondary N) is 1. The minimum atomic E-state index is -5.08. The summed E-state index contributed by atoms with van der Waals surface area (Å²) < 4.78 is 87.3. The van der Waals surface area contributed by atoms with Crippen molar-refractivity contribution in [3.05, 3.63) is 122 Å². The molecule has 64 heavy (non-hydrogen) atoms. The summed E-state index contributed by atoms with van der Waals surface area (Å²) >= 11 is 12.9. The van der Waals surface area contributed by atoms with Crippen molar-refractivity contribution >= 4 is 41.1 Å². The van der Waals surface area contributed by atoms with Crippen molar-refractivity contribution in [2.24, 2.45) is 11.8 Å². The van der Waals surface area contributed by atoms with Gasteiger partial charge in [-0.05, 0) is 92.1 Å². The molecule has 20 heteroatoms. The fourth-order valence-corrected chi connectivity index (χ4v) is 7.97. The monoisotopic (exact) mass is 939 g/mol. The van der Waals surface area contributed by atoms with Crippen LogP contribution >= 0.6 is 23.2 Å². The average Bonchev–Trinajstić information content (AvgIpc) is 4.09. The summed E-state index contributed by atoms with van der Waals surface area (Å²) in [6, 6.07) is 17.5. The van der Waals surface area contributed by atoms with E-state index in [0.29, 0.717) is 57.7 Å². The normalized spacial score (nSPS) is 18.9. The number of carboxylic acid groups (broad SMARTS) is 1. The third kappa shape index (κ3) is 13.1. The number of rotatable bonds is 17. The van der Waals surface area contributed by atoms with E-state index in [1.165, 1.54) is 18.2 Å². The molecule has 1 saturated carbocycles. The van der Waals surface area contributed by atoms with Crippen LogP contribution in [0.1, 0.15) is 70.4 Å². The first kappa shape index (κ1) is 48.0. The van der Waals surface area contributed by atoms with Crippen molar-refractivity contribution in [1.29, 1.82) is 0 Å². The van der Waals surface area contributed by atoms with E-state index in [1.54, 1.807) is 31.4 Å². The van der Waals surface area contributed by atoms with Gasteiger partial charge >= 0.3 is 30.7 Å². The van der Waals surface area contributed by atoms with Crippen LogP contribution in [0.25, 0.3) is 0 Å².